The second kappa shape index (κ2) is 7.43. The Balaban J connectivity index is 2.84. The Labute approximate surface area is 111 Å². The highest BCUT2D eigenvalue weighted by Gasteiger charge is 2.24. The smallest absolute Gasteiger partial charge is 0.0774 e. The number of hydrogen-bond donors (Lipinski definition) is 1. The van der Waals surface area contributed by atoms with Gasteiger partial charge < -0.3 is 10.1 Å². The van der Waals surface area contributed by atoms with Crippen LogP contribution in [0.5, 0.6) is 0 Å². The lowest BCUT2D eigenvalue weighted by atomic mass is 10.0. The first-order valence-electron chi connectivity index (χ1n) is 5.73. The van der Waals surface area contributed by atoms with Crippen LogP contribution in [0.4, 0.5) is 0 Å². The summed E-state index contributed by atoms with van der Waals surface area (Å²) < 4.78 is 6.79. The molecule has 0 bridgehead atoms. The Bertz CT molecular complexity index is 303. The molecule has 0 radical (unpaired) electrons. The highest BCUT2D eigenvalue weighted by Crippen LogP contribution is 2.33. The summed E-state index contributed by atoms with van der Waals surface area (Å²) >= 11 is 5.38. The molecular weight excluding hydrogens is 286 g/mol. The minimum absolute atomic E-state index is 0.250. The molecule has 0 saturated carbocycles. The third kappa shape index (κ3) is 3.55. The number of hydrogen-bond acceptors (Lipinski definition) is 3. The molecule has 0 saturated heterocycles. The molecule has 0 aliphatic heterocycles. The van der Waals surface area contributed by atoms with Crippen molar-refractivity contribution in [1.29, 1.82) is 0 Å². The van der Waals surface area contributed by atoms with Gasteiger partial charge in [-0.3, -0.25) is 0 Å². The van der Waals surface area contributed by atoms with E-state index in [1.54, 1.807) is 18.4 Å². The Hall–Kier alpha value is 0.100. The van der Waals surface area contributed by atoms with Crippen molar-refractivity contribution < 1.29 is 4.74 Å². The first kappa shape index (κ1) is 14.2. The summed E-state index contributed by atoms with van der Waals surface area (Å²) in [7, 11) is 1.80. The molecule has 16 heavy (non-hydrogen) atoms. The number of ether oxygens (including phenoxy) is 1. The Morgan fingerprint density at radius 3 is 2.69 bits per heavy atom. The van der Waals surface area contributed by atoms with Crippen molar-refractivity contribution >= 4 is 27.3 Å². The van der Waals surface area contributed by atoms with E-state index in [9.17, 15) is 0 Å². The van der Waals surface area contributed by atoms with Gasteiger partial charge in [0, 0.05) is 16.5 Å². The van der Waals surface area contributed by atoms with Crippen LogP contribution in [0.1, 0.15) is 37.6 Å². The van der Waals surface area contributed by atoms with Crippen LogP contribution in [0.25, 0.3) is 0 Å². The summed E-state index contributed by atoms with van der Waals surface area (Å²) in [5.74, 6) is 0. The lowest BCUT2D eigenvalue weighted by Gasteiger charge is -2.26. The first-order chi connectivity index (χ1) is 7.74. The Morgan fingerprint density at radius 1 is 1.50 bits per heavy atom. The van der Waals surface area contributed by atoms with Gasteiger partial charge in [0.1, 0.15) is 0 Å². The average molecular weight is 306 g/mol. The molecule has 2 nitrogen and oxygen atoms in total. The summed E-state index contributed by atoms with van der Waals surface area (Å²) in [6.07, 6.45) is 2.47. The fourth-order valence-corrected chi connectivity index (χ4v) is 3.59. The van der Waals surface area contributed by atoms with Gasteiger partial charge in [-0.05, 0) is 40.3 Å². The van der Waals surface area contributed by atoms with Crippen LogP contribution < -0.4 is 5.32 Å². The molecule has 0 aliphatic rings. The van der Waals surface area contributed by atoms with E-state index in [2.05, 4.69) is 46.5 Å². The van der Waals surface area contributed by atoms with Gasteiger partial charge in [-0.25, -0.2) is 0 Å². The quantitative estimate of drug-likeness (QED) is 0.823. The van der Waals surface area contributed by atoms with E-state index in [1.165, 1.54) is 9.35 Å². The Morgan fingerprint density at radius 2 is 2.25 bits per heavy atom. The molecule has 2 unspecified atom stereocenters. The van der Waals surface area contributed by atoms with Crippen molar-refractivity contribution in [2.75, 3.05) is 13.7 Å². The predicted octanol–water partition coefficient (Wildman–Crippen LogP) is 3.98. The monoisotopic (exact) mass is 305 g/mol. The lowest BCUT2D eigenvalue weighted by Crippen LogP contribution is -2.32. The number of thiophene rings is 1. The van der Waals surface area contributed by atoms with Crippen molar-refractivity contribution in [2.45, 2.75) is 38.8 Å². The van der Waals surface area contributed by atoms with E-state index in [1.807, 2.05) is 0 Å². The van der Waals surface area contributed by atoms with E-state index in [-0.39, 0.29) is 6.10 Å². The predicted molar refractivity (Wildman–Crippen MR) is 74.1 cm³/mol. The van der Waals surface area contributed by atoms with E-state index in [4.69, 9.17) is 4.74 Å². The highest BCUT2D eigenvalue weighted by atomic mass is 79.9. The fourth-order valence-electron chi connectivity index (χ4n) is 1.85. The normalized spacial score (nSPS) is 15.0. The molecule has 0 spiro atoms. The molecule has 1 aromatic heterocycles. The van der Waals surface area contributed by atoms with E-state index >= 15 is 0 Å². The second-order valence-electron chi connectivity index (χ2n) is 3.73. The van der Waals surface area contributed by atoms with E-state index in [0.717, 1.165) is 19.4 Å². The summed E-state index contributed by atoms with van der Waals surface area (Å²) in [6.45, 7) is 5.28. The zero-order valence-electron chi connectivity index (χ0n) is 10.1. The largest absolute Gasteiger partial charge is 0.379 e. The molecule has 1 heterocycles. The number of halogens is 1. The SMILES string of the molecule is CCCC(OC)C(NCC)c1sccc1Br. The summed E-state index contributed by atoms with van der Waals surface area (Å²) in [5, 5.41) is 5.63. The molecule has 92 valence electrons. The zero-order valence-corrected chi connectivity index (χ0v) is 12.5. The summed E-state index contributed by atoms with van der Waals surface area (Å²) in [4.78, 5) is 1.34. The van der Waals surface area contributed by atoms with Crippen LogP contribution in [0, 0.1) is 0 Å². The van der Waals surface area contributed by atoms with Crippen LogP contribution >= 0.6 is 27.3 Å². The fraction of sp³-hybridized carbons (Fsp3) is 0.667. The average Bonchev–Trinajstić information content (AvgIpc) is 2.69. The van der Waals surface area contributed by atoms with Gasteiger partial charge in [0.15, 0.2) is 0 Å². The van der Waals surface area contributed by atoms with Gasteiger partial charge in [-0.1, -0.05) is 20.3 Å². The maximum atomic E-state index is 5.61. The maximum absolute atomic E-state index is 5.61. The number of likely N-dealkylation sites (N-methyl/N-ethyl adjacent to an activating group) is 1. The Kier molecular flexibility index (Phi) is 6.58. The van der Waals surface area contributed by atoms with Crippen LogP contribution in [0.15, 0.2) is 15.9 Å². The minimum atomic E-state index is 0.250. The van der Waals surface area contributed by atoms with Crippen LogP contribution in [-0.4, -0.2) is 19.8 Å². The van der Waals surface area contributed by atoms with Crippen LogP contribution in [0.2, 0.25) is 0 Å². The van der Waals surface area contributed by atoms with E-state index in [0.29, 0.717) is 6.04 Å². The molecule has 4 heteroatoms. The molecule has 1 N–H and O–H groups in total. The van der Waals surface area contributed by atoms with Gasteiger partial charge in [0.25, 0.3) is 0 Å². The number of rotatable bonds is 7. The van der Waals surface area contributed by atoms with Crippen LogP contribution in [-0.2, 0) is 4.74 Å². The molecule has 1 aromatic rings. The van der Waals surface area contributed by atoms with Crippen molar-refractivity contribution in [1.82, 2.24) is 5.32 Å². The minimum Gasteiger partial charge on any atom is -0.379 e. The zero-order chi connectivity index (χ0) is 12.0. The van der Waals surface area contributed by atoms with Gasteiger partial charge in [0.05, 0.1) is 12.1 Å². The van der Waals surface area contributed by atoms with E-state index < -0.39 is 0 Å². The molecular formula is C12H20BrNOS. The maximum Gasteiger partial charge on any atom is 0.0774 e. The summed E-state index contributed by atoms with van der Waals surface area (Å²) in [6, 6.07) is 2.40. The van der Waals surface area contributed by atoms with Crippen molar-refractivity contribution in [3.05, 3.63) is 20.8 Å². The molecule has 1 rings (SSSR count). The molecule has 2 atom stereocenters. The van der Waals surface area contributed by atoms with Crippen molar-refractivity contribution in [3.63, 3.8) is 0 Å². The van der Waals surface area contributed by atoms with Gasteiger partial charge in [-0.2, -0.15) is 0 Å². The molecule has 0 fully saturated rings. The van der Waals surface area contributed by atoms with Gasteiger partial charge in [-0.15, -0.1) is 11.3 Å². The van der Waals surface area contributed by atoms with Crippen molar-refractivity contribution in [3.8, 4) is 0 Å². The first-order valence-corrected chi connectivity index (χ1v) is 7.40. The van der Waals surface area contributed by atoms with Crippen LogP contribution in [0.3, 0.4) is 0 Å². The number of nitrogens with one attached hydrogen (secondary N) is 1. The molecule has 0 amide bonds. The molecule has 0 aliphatic carbocycles. The standard InChI is InChI=1S/C12H20BrNOS/c1-4-6-10(15-3)11(14-5-2)12-9(13)7-8-16-12/h7-8,10-11,14H,4-6H2,1-3H3. The topological polar surface area (TPSA) is 21.3 Å². The van der Waals surface area contributed by atoms with Gasteiger partial charge in [0.2, 0.25) is 0 Å². The summed E-state index contributed by atoms with van der Waals surface area (Å²) in [5.41, 5.74) is 0. The van der Waals surface area contributed by atoms with Crippen molar-refractivity contribution in [2.24, 2.45) is 0 Å². The lowest BCUT2D eigenvalue weighted by molar-refractivity contribution is 0.0620. The second-order valence-corrected chi connectivity index (χ2v) is 5.53. The number of methoxy groups -OCH3 is 1. The van der Waals surface area contributed by atoms with Gasteiger partial charge >= 0.3 is 0 Å². The third-order valence-electron chi connectivity index (χ3n) is 2.60. The third-order valence-corrected chi connectivity index (χ3v) is 4.55. The molecule has 0 aromatic carbocycles. The highest BCUT2D eigenvalue weighted by molar-refractivity contribution is 9.10.